The maximum absolute atomic E-state index is 12.2. The third-order valence-corrected chi connectivity index (χ3v) is 9.33. The number of carbonyl (C=O) groups excluding carboxylic acids is 3. The van der Waals surface area contributed by atoms with Crippen molar-refractivity contribution < 1.29 is 23.5 Å². The van der Waals surface area contributed by atoms with Gasteiger partial charge in [-0.1, -0.05) is 20.8 Å². The summed E-state index contributed by atoms with van der Waals surface area (Å²) in [5.41, 5.74) is 0. The molecule has 0 aromatic carbocycles. The zero-order valence-electron chi connectivity index (χ0n) is 15.5. The second kappa shape index (κ2) is 8.11. The third kappa shape index (κ3) is 5.59. The molecule has 8 heteroatoms. The van der Waals surface area contributed by atoms with Crippen LogP contribution in [-0.4, -0.2) is 51.9 Å². The van der Waals surface area contributed by atoms with Crippen molar-refractivity contribution in [3.8, 4) is 0 Å². The Morgan fingerprint density at radius 1 is 1.38 bits per heavy atom. The number of esters is 1. The number of ether oxygens (including phenoxy) is 1. The van der Waals surface area contributed by atoms with Crippen molar-refractivity contribution in [2.75, 3.05) is 13.7 Å². The van der Waals surface area contributed by atoms with Crippen molar-refractivity contribution in [3.05, 3.63) is 0 Å². The van der Waals surface area contributed by atoms with Gasteiger partial charge in [0.1, 0.15) is 12.1 Å². The smallest absolute Gasteiger partial charge is 0.328 e. The number of carbonyl (C=O) groups is 3. The first-order chi connectivity index (χ1) is 11.0. The van der Waals surface area contributed by atoms with E-state index in [9.17, 15) is 14.4 Å². The molecule has 0 saturated carbocycles. The van der Waals surface area contributed by atoms with Crippen LogP contribution in [-0.2, 0) is 23.5 Å². The van der Waals surface area contributed by atoms with Gasteiger partial charge in [0.25, 0.3) is 0 Å². The number of hydrogen-bond acceptors (Lipinski definition) is 5. The van der Waals surface area contributed by atoms with Crippen LogP contribution in [0, 0.1) is 0 Å². The van der Waals surface area contributed by atoms with Crippen LogP contribution in [0.4, 0.5) is 0 Å². The SMILES string of the molecule is COC(=O)[C@H](CCO[Si](C)(C)C(C)(C)C)NC(=O)[C@@H]1CCC(=O)N1. The summed E-state index contributed by atoms with van der Waals surface area (Å²) in [7, 11) is -0.628. The first kappa shape index (κ1) is 20.6. The first-order valence-corrected chi connectivity index (χ1v) is 11.2. The quantitative estimate of drug-likeness (QED) is 0.529. The molecule has 2 N–H and O–H groups in total. The largest absolute Gasteiger partial charge is 0.467 e. The summed E-state index contributed by atoms with van der Waals surface area (Å²) in [5.74, 6) is -1.01. The topological polar surface area (TPSA) is 93.7 Å². The highest BCUT2D eigenvalue weighted by molar-refractivity contribution is 6.74. The normalized spacial score (nSPS) is 19.6. The van der Waals surface area contributed by atoms with Gasteiger partial charge >= 0.3 is 5.97 Å². The van der Waals surface area contributed by atoms with Crippen LogP contribution >= 0.6 is 0 Å². The summed E-state index contributed by atoms with van der Waals surface area (Å²) in [6.07, 6.45) is 1.11. The van der Waals surface area contributed by atoms with Crippen molar-refractivity contribution in [3.63, 3.8) is 0 Å². The van der Waals surface area contributed by atoms with Crippen molar-refractivity contribution in [2.45, 2.75) is 70.2 Å². The second-order valence-corrected chi connectivity index (χ2v) is 12.4. The van der Waals surface area contributed by atoms with Gasteiger partial charge in [-0.05, 0) is 24.6 Å². The van der Waals surface area contributed by atoms with E-state index >= 15 is 0 Å². The van der Waals surface area contributed by atoms with E-state index in [-0.39, 0.29) is 16.9 Å². The van der Waals surface area contributed by atoms with E-state index < -0.39 is 26.4 Å². The molecule has 0 spiro atoms. The van der Waals surface area contributed by atoms with Gasteiger partial charge in [-0.15, -0.1) is 0 Å². The van der Waals surface area contributed by atoms with Crippen LogP contribution in [0.5, 0.6) is 0 Å². The van der Waals surface area contributed by atoms with Crippen molar-refractivity contribution in [1.82, 2.24) is 10.6 Å². The fourth-order valence-corrected chi connectivity index (χ4v) is 3.18. The Morgan fingerprint density at radius 2 is 2.00 bits per heavy atom. The van der Waals surface area contributed by atoms with Crippen molar-refractivity contribution in [1.29, 1.82) is 0 Å². The Hall–Kier alpha value is -1.41. The van der Waals surface area contributed by atoms with E-state index in [2.05, 4.69) is 44.5 Å². The van der Waals surface area contributed by atoms with Crippen LogP contribution in [0.25, 0.3) is 0 Å². The average Bonchev–Trinajstić information content (AvgIpc) is 2.90. The first-order valence-electron chi connectivity index (χ1n) is 8.29. The van der Waals surface area contributed by atoms with Crippen LogP contribution in [0.2, 0.25) is 18.1 Å². The van der Waals surface area contributed by atoms with Gasteiger partial charge in [-0.3, -0.25) is 9.59 Å². The molecular formula is C16H30N2O5Si. The molecule has 24 heavy (non-hydrogen) atoms. The van der Waals surface area contributed by atoms with E-state index in [0.717, 1.165) is 0 Å². The van der Waals surface area contributed by atoms with Crippen LogP contribution in [0.15, 0.2) is 0 Å². The number of hydrogen-bond donors (Lipinski definition) is 2. The molecule has 0 aromatic heterocycles. The molecule has 1 aliphatic rings. The highest BCUT2D eigenvalue weighted by Crippen LogP contribution is 2.36. The van der Waals surface area contributed by atoms with Gasteiger partial charge in [0, 0.05) is 19.4 Å². The van der Waals surface area contributed by atoms with Crippen molar-refractivity contribution in [2.24, 2.45) is 0 Å². The van der Waals surface area contributed by atoms with Crippen LogP contribution in [0.1, 0.15) is 40.0 Å². The standard InChI is InChI=1S/C16H30N2O5Si/c1-16(2,3)24(5,6)23-10-9-12(15(21)22-4)18-14(20)11-7-8-13(19)17-11/h11-12H,7-10H2,1-6H3,(H,17,19)(H,18,20)/t11-,12-/m0/s1. The fraction of sp³-hybridized carbons (Fsp3) is 0.812. The zero-order valence-corrected chi connectivity index (χ0v) is 16.5. The highest BCUT2D eigenvalue weighted by Gasteiger charge is 2.37. The predicted octanol–water partition coefficient (Wildman–Crippen LogP) is 1.33. The molecular weight excluding hydrogens is 328 g/mol. The van der Waals surface area contributed by atoms with E-state index in [4.69, 9.17) is 9.16 Å². The minimum Gasteiger partial charge on any atom is -0.467 e. The molecule has 1 fully saturated rings. The molecule has 1 saturated heterocycles. The van der Waals surface area contributed by atoms with Crippen molar-refractivity contribution >= 4 is 26.1 Å². The van der Waals surface area contributed by atoms with Gasteiger partial charge in [0.05, 0.1) is 7.11 Å². The lowest BCUT2D eigenvalue weighted by atomic mass is 10.1. The van der Waals surface area contributed by atoms with Gasteiger partial charge < -0.3 is 19.8 Å². The summed E-state index contributed by atoms with van der Waals surface area (Å²) in [6.45, 7) is 11.1. The Morgan fingerprint density at radius 3 is 2.46 bits per heavy atom. The summed E-state index contributed by atoms with van der Waals surface area (Å²) in [5, 5.41) is 5.33. The third-order valence-electron chi connectivity index (χ3n) is 4.79. The van der Waals surface area contributed by atoms with Crippen LogP contribution in [0.3, 0.4) is 0 Å². The number of nitrogens with one attached hydrogen (secondary N) is 2. The highest BCUT2D eigenvalue weighted by atomic mass is 28.4. The van der Waals surface area contributed by atoms with E-state index in [1.807, 2.05) is 0 Å². The minimum atomic E-state index is -1.91. The molecule has 2 atom stereocenters. The van der Waals surface area contributed by atoms with Gasteiger partial charge in [0.15, 0.2) is 8.32 Å². The molecule has 2 amide bonds. The Balaban J connectivity index is 2.58. The number of amides is 2. The zero-order chi connectivity index (χ0) is 18.5. The monoisotopic (exact) mass is 358 g/mol. The van der Waals surface area contributed by atoms with Crippen LogP contribution < -0.4 is 10.6 Å². The molecule has 1 aliphatic heterocycles. The predicted molar refractivity (Wildman–Crippen MR) is 92.9 cm³/mol. The minimum absolute atomic E-state index is 0.0745. The Kier molecular flexibility index (Phi) is 6.97. The lowest BCUT2D eigenvalue weighted by Crippen LogP contribution is -2.50. The maximum atomic E-state index is 12.2. The van der Waals surface area contributed by atoms with Gasteiger partial charge in [0.2, 0.25) is 11.8 Å². The molecule has 138 valence electrons. The fourth-order valence-electron chi connectivity index (χ4n) is 2.12. The number of methoxy groups -OCH3 is 1. The van der Waals surface area contributed by atoms with E-state index in [1.165, 1.54) is 7.11 Å². The summed E-state index contributed by atoms with van der Waals surface area (Å²) >= 11 is 0. The lowest BCUT2D eigenvalue weighted by molar-refractivity contribution is -0.145. The molecule has 1 heterocycles. The molecule has 0 bridgehead atoms. The van der Waals surface area contributed by atoms with E-state index in [0.29, 0.717) is 25.9 Å². The lowest BCUT2D eigenvalue weighted by Gasteiger charge is -2.36. The molecule has 1 rings (SSSR count). The average molecular weight is 359 g/mol. The van der Waals surface area contributed by atoms with Gasteiger partial charge in [-0.25, -0.2) is 4.79 Å². The second-order valence-electron chi connectivity index (χ2n) is 7.64. The Labute approximate surface area is 145 Å². The van der Waals surface area contributed by atoms with Gasteiger partial charge in [-0.2, -0.15) is 0 Å². The molecule has 0 aliphatic carbocycles. The van der Waals surface area contributed by atoms with E-state index in [1.54, 1.807) is 0 Å². The number of rotatable bonds is 7. The molecule has 7 nitrogen and oxygen atoms in total. The molecule has 0 unspecified atom stereocenters. The Bertz CT molecular complexity index is 487. The molecule has 0 radical (unpaired) electrons. The molecule has 0 aromatic rings. The summed E-state index contributed by atoms with van der Waals surface area (Å²) < 4.78 is 10.8. The summed E-state index contributed by atoms with van der Waals surface area (Å²) in [4.78, 5) is 35.3. The maximum Gasteiger partial charge on any atom is 0.328 e. The summed E-state index contributed by atoms with van der Waals surface area (Å²) in [6, 6.07) is -1.35.